The van der Waals surface area contributed by atoms with E-state index in [0.29, 0.717) is 18.8 Å². The number of nitrogens with one attached hydrogen (secondary N) is 1. The van der Waals surface area contributed by atoms with Gasteiger partial charge in [-0.05, 0) is 32.6 Å². The fourth-order valence-corrected chi connectivity index (χ4v) is 3.54. The van der Waals surface area contributed by atoms with Crippen molar-refractivity contribution < 1.29 is 14.3 Å². The highest BCUT2D eigenvalue weighted by atomic mass is 16.5. The topological polar surface area (TPSA) is 76.5 Å². The molecule has 126 valence electrons. The summed E-state index contributed by atoms with van der Waals surface area (Å²) in [6.07, 6.45) is 4.07. The van der Waals surface area contributed by atoms with Crippen molar-refractivity contribution in [2.75, 3.05) is 26.7 Å². The first kappa shape index (κ1) is 16.0. The second-order valence-electron chi connectivity index (χ2n) is 6.49. The van der Waals surface area contributed by atoms with Crippen molar-refractivity contribution in [1.29, 1.82) is 0 Å². The first-order valence-electron chi connectivity index (χ1n) is 8.16. The van der Waals surface area contributed by atoms with Crippen LogP contribution in [0.1, 0.15) is 41.5 Å². The predicted molar refractivity (Wildman–Crippen MR) is 84.2 cm³/mol. The predicted octanol–water partition coefficient (Wildman–Crippen LogP) is 0.276. The van der Waals surface area contributed by atoms with Crippen LogP contribution in [0.4, 0.5) is 0 Å². The molecule has 1 unspecified atom stereocenters. The van der Waals surface area contributed by atoms with E-state index in [1.807, 2.05) is 7.05 Å². The van der Waals surface area contributed by atoms with E-state index >= 15 is 0 Å². The Morgan fingerprint density at radius 3 is 2.78 bits per heavy atom. The standard InChI is InChI=1S/C16H24N4O3/c1-16(15(22)17-2)10-20(8-9-23-16)14(21)13-11-6-4-5-7-12(11)18-19(13)3/h4-10H2,1-3H3,(H,17,22). The van der Waals surface area contributed by atoms with E-state index < -0.39 is 5.60 Å². The van der Waals surface area contributed by atoms with Crippen LogP contribution in [0.5, 0.6) is 0 Å². The first-order valence-corrected chi connectivity index (χ1v) is 8.16. The Kier molecular flexibility index (Phi) is 4.14. The number of aromatic nitrogens is 2. The van der Waals surface area contributed by atoms with Crippen LogP contribution in [0.15, 0.2) is 0 Å². The summed E-state index contributed by atoms with van der Waals surface area (Å²) >= 11 is 0. The Bertz CT molecular complexity index is 640. The number of nitrogens with zero attached hydrogens (tertiary/aromatic N) is 3. The van der Waals surface area contributed by atoms with Crippen molar-refractivity contribution in [1.82, 2.24) is 20.0 Å². The average molecular weight is 320 g/mol. The van der Waals surface area contributed by atoms with Gasteiger partial charge in [0, 0.05) is 26.2 Å². The van der Waals surface area contributed by atoms with E-state index in [9.17, 15) is 9.59 Å². The van der Waals surface area contributed by atoms with Crippen molar-refractivity contribution in [2.45, 2.75) is 38.2 Å². The average Bonchev–Trinajstić information content (AvgIpc) is 2.89. The van der Waals surface area contributed by atoms with Crippen LogP contribution in [0, 0.1) is 0 Å². The van der Waals surface area contributed by atoms with E-state index in [1.165, 1.54) is 0 Å². The normalized spacial score (nSPS) is 24.2. The van der Waals surface area contributed by atoms with Crippen molar-refractivity contribution in [3.05, 3.63) is 17.0 Å². The number of rotatable bonds is 2. The molecule has 1 aromatic rings. The van der Waals surface area contributed by atoms with Crippen molar-refractivity contribution in [2.24, 2.45) is 7.05 Å². The van der Waals surface area contributed by atoms with Gasteiger partial charge in [-0.3, -0.25) is 14.3 Å². The Morgan fingerprint density at radius 2 is 2.04 bits per heavy atom. The molecular weight excluding hydrogens is 296 g/mol. The lowest BCUT2D eigenvalue weighted by atomic mass is 9.95. The number of carbonyl (C=O) groups excluding carboxylic acids is 2. The van der Waals surface area contributed by atoms with Crippen LogP contribution >= 0.6 is 0 Å². The summed E-state index contributed by atoms with van der Waals surface area (Å²) in [7, 11) is 3.40. The number of carbonyl (C=O) groups is 2. The minimum Gasteiger partial charge on any atom is -0.362 e. The Labute approximate surface area is 136 Å². The lowest BCUT2D eigenvalue weighted by Gasteiger charge is -2.39. The smallest absolute Gasteiger partial charge is 0.272 e. The molecule has 1 fully saturated rings. The van der Waals surface area contributed by atoms with Gasteiger partial charge in [0.05, 0.1) is 18.8 Å². The Morgan fingerprint density at radius 1 is 1.30 bits per heavy atom. The van der Waals surface area contributed by atoms with E-state index in [1.54, 1.807) is 23.6 Å². The molecule has 23 heavy (non-hydrogen) atoms. The van der Waals surface area contributed by atoms with Crippen LogP contribution in [0.25, 0.3) is 0 Å². The lowest BCUT2D eigenvalue weighted by molar-refractivity contribution is -0.153. The molecule has 1 aromatic heterocycles. The summed E-state index contributed by atoms with van der Waals surface area (Å²) in [4.78, 5) is 26.8. The van der Waals surface area contributed by atoms with Crippen LogP contribution in [-0.2, 0) is 29.4 Å². The van der Waals surface area contributed by atoms with Crippen LogP contribution < -0.4 is 5.32 Å². The van der Waals surface area contributed by atoms with Gasteiger partial charge < -0.3 is 15.0 Å². The third-order valence-corrected chi connectivity index (χ3v) is 4.79. The highest BCUT2D eigenvalue weighted by Gasteiger charge is 2.41. The molecule has 1 N–H and O–H groups in total. The molecule has 0 bridgehead atoms. The summed E-state index contributed by atoms with van der Waals surface area (Å²) < 4.78 is 7.33. The van der Waals surface area contributed by atoms with Gasteiger partial charge in [-0.15, -0.1) is 0 Å². The molecule has 1 saturated heterocycles. The summed E-state index contributed by atoms with van der Waals surface area (Å²) in [6.45, 7) is 2.83. The lowest BCUT2D eigenvalue weighted by Crippen LogP contribution is -2.59. The zero-order valence-corrected chi connectivity index (χ0v) is 14.0. The van der Waals surface area contributed by atoms with Gasteiger partial charge in [0.2, 0.25) is 0 Å². The highest BCUT2D eigenvalue weighted by molar-refractivity contribution is 5.95. The van der Waals surface area contributed by atoms with Gasteiger partial charge in [-0.25, -0.2) is 0 Å². The number of aryl methyl sites for hydroxylation is 2. The molecule has 2 amide bonds. The molecule has 1 aliphatic heterocycles. The maximum Gasteiger partial charge on any atom is 0.272 e. The maximum absolute atomic E-state index is 13.0. The number of morpholine rings is 1. The van der Waals surface area contributed by atoms with Crippen molar-refractivity contribution >= 4 is 11.8 Å². The summed E-state index contributed by atoms with van der Waals surface area (Å²) in [5.74, 6) is -0.261. The monoisotopic (exact) mass is 320 g/mol. The Hall–Kier alpha value is -1.89. The molecule has 2 heterocycles. The number of fused-ring (bicyclic) bond motifs is 1. The van der Waals surface area contributed by atoms with E-state index in [2.05, 4.69) is 10.4 Å². The largest absolute Gasteiger partial charge is 0.362 e. The molecule has 1 atom stereocenters. The van der Waals surface area contributed by atoms with E-state index in [0.717, 1.165) is 36.9 Å². The number of hydrogen-bond acceptors (Lipinski definition) is 4. The van der Waals surface area contributed by atoms with Gasteiger partial charge in [0.1, 0.15) is 5.69 Å². The third kappa shape index (κ3) is 2.73. The number of likely N-dealkylation sites (N-methyl/N-ethyl adjacent to an activating group) is 1. The van der Waals surface area contributed by atoms with Gasteiger partial charge in [0.25, 0.3) is 11.8 Å². The minimum atomic E-state index is -0.999. The molecule has 0 radical (unpaired) electrons. The van der Waals surface area contributed by atoms with Gasteiger partial charge in [-0.1, -0.05) is 0 Å². The van der Waals surface area contributed by atoms with Crippen LogP contribution in [0.3, 0.4) is 0 Å². The summed E-state index contributed by atoms with van der Waals surface area (Å²) in [6, 6.07) is 0. The second kappa shape index (κ2) is 5.96. The fourth-order valence-electron chi connectivity index (χ4n) is 3.54. The van der Waals surface area contributed by atoms with Gasteiger partial charge in [-0.2, -0.15) is 5.10 Å². The molecule has 7 nitrogen and oxygen atoms in total. The number of ether oxygens (including phenoxy) is 1. The third-order valence-electron chi connectivity index (χ3n) is 4.79. The van der Waals surface area contributed by atoms with E-state index in [4.69, 9.17) is 4.74 Å². The number of amides is 2. The summed E-state index contributed by atoms with van der Waals surface area (Å²) in [5.41, 5.74) is 1.79. The van der Waals surface area contributed by atoms with Gasteiger partial charge in [0.15, 0.2) is 5.60 Å². The molecule has 0 aromatic carbocycles. The second-order valence-corrected chi connectivity index (χ2v) is 6.49. The zero-order valence-electron chi connectivity index (χ0n) is 14.0. The SMILES string of the molecule is CNC(=O)C1(C)CN(C(=O)c2c3c(nn2C)CCCC3)CCO1. The molecular formula is C16H24N4O3. The molecule has 0 spiro atoms. The Balaban J connectivity index is 1.86. The molecule has 0 saturated carbocycles. The van der Waals surface area contributed by atoms with Gasteiger partial charge >= 0.3 is 0 Å². The first-order chi connectivity index (χ1) is 11.0. The zero-order chi connectivity index (χ0) is 16.6. The minimum absolute atomic E-state index is 0.0541. The molecule has 3 rings (SSSR count). The molecule has 2 aliphatic rings. The number of hydrogen-bond donors (Lipinski definition) is 1. The molecule has 7 heteroatoms. The van der Waals surface area contributed by atoms with E-state index in [-0.39, 0.29) is 18.4 Å². The highest BCUT2D eigenvalue weighted by Crippen LogP contribution is 2.26. The van der Waals surface area contributed by atoms with Crippen molar-refractivity contribution in [3.63, 3.8) is 0 Å². The quantitative estimate of drug-likeness (QED) is 0.849. The van der Waals surface area contributed by atoms with Crippen LogP contribution in [-0.4, -0.2) is 58.8 Å². The van der Waals surface area contributed by atoms with Crippen molar-refractivity contribution in [3.8, 4) is 0 Å². The fraction of sp³-hybridized carbons (Fsp3) is 0.688. The molecule has 1 aliphatic carbocycles. The van der Waals surface area contributed by atoms with Crippen LogP contribution in [0.2, 0.25) is 0 Å². The summed E-state index contributed by atoms with van der Waals surface area (Å²) in [5, 5.41) is 7.12. The maximum atomic E-state index is 13.0.